The van der Waals surface area contributed by atoms with Gasteiger partial charge in [0.25, 0.3) is 0 Å². The Hall–Kier alpha value is -2.17. The van der Waals surface area contributed by atoms with Gasteiger partial charge in [0.05, 0.1) is 16.8 Å². The van der Waals surface area contributed by atoms with Gasteiger partial charge >= 0.3 is 5.70 Å². The Morgan fingerprint density at radius 1 is 1.43 bits per heavy atom. The van der Waals surface area contributed by atoms with E-state index in [2.05, 4.69) is 4.99 Å². The Balaban J connectivity index is 2.78. The summed E-state index contributed by atoms with van der Waals surface area (Å²) in [6.45, 7) is 0. The molecule has 2 N–H and O–H groups in total. The molecule has 0 aliphatic carbocycles. The number of para-hydroxylation sites is 1. The number of hydrogen-bond donors (Lipinski definition) is 1. The quantitative estimate of drug-likeness (QED) is 0.446. The van der Waals surface area contributed by atoms with E-state index < -0.39 is 4.92 Å². The molecule has 0 amide bonds. The second-order valence-corrected chi connectivity index (χ2v) is 2.44. The molecule has 72 valence electrons. The van der Waals surface area contributed by atoms with Gasteiger partial charge in [0.2, 0.25) is 0 Å². The van der Waals surface area contributed by atoms with Crippen LogP contribution in [-0.4, -0.2) is 11.1 Å². The summed E-state index contributed by atoms with van der Waals surface area (Å²) in [6.07, 6.45) is 2.03. The van der Waals surface area contributed by atoms with Crippen LogP contribution in [0.3, 0.4) is 0 Å². The Morgan fingerprint density at radius 2 is 2.07 bits per heavy atom. The largest absolute Gasteiger partial charge is 0.399 e. The van der Waals surface area contributed by atoms with Gasteiger partial charge in [0.15, 0.2) is 0 Å². The van der Waals surface area contributed by atoms with Crippen LogP contribution in [-0.2, 0) is 0 Å². The van der Waals surface area contributed by atoms with Crippen LogP contribution in [0.2, 0.25) is 0 Å². The number of allylic oxidation sites excluding steroid dienone is 1. The topological polar surface area (TPSA) is 81.5 Å². The number of rotatable bonds is 3. The lowest BCUT2D eigenvalue weighted by molar-refractivity contribution is -0.414. The number of hydrogen-bond acceptors (Lipinski definition) is 4. The van der Waals surface area contributed by atoms with E-state index in [1.165, 1.54) is 0 Å². The van der Waals surface area contributed by atoms with E-state index in [9.17, 15) is 10.1 Å². The fourth-order valence-electron chi connectivity index (χ4n) is 0.806. The van der Waals surface area contributed by atoms with Gasteiger partial charge in [-0.25, -0.2) is 4.99 Å². The molecule has 0 bridgehead atoms. The lowest BCUT2D eigenvalue weighted by Crippen LogP contribution is -2.02. The Kier molecular flexibility index (Phi) is 3.37. The summed E-state index contributed by atoms with van der Waals surface area (Å²) in [5, 5.41) is 10.3. The van der Waals surface area contributed by atoms with Crippen molar-refractivity contribution in [2.75, 3.05) is 0 Å². The number of benzene rings is 1. The fourth-order valence-corrected chi connectivity index (χ4v) is 0.806. The Morgan fingerprint density at radius 3 is 2.57 bits per heavy atom. The zero-order valence-electron chi connectivity index (χ0n) is 7.33. The predicted octanol–water partition coefficient (Wildman–Crippen LogP) is 1.47. The molecule has 1 aromatic rings. The van der Waals surface area contributed by atoms with Gasteiger partial charge in [-0.05, 0) is 12.1 Å². The Labute approximate surface area is 80.7 Å². The van der Waals surface area contributed by atoms with Crippen LogP contribution in [0, 0.1) is 10.1 Å². The standard InChI is InChI=1S/C9H9N3O2/c10-6-9(12(13)14)7-11-8-4-2-1-3-5-8/h1-7H,10H2. The van der Waals surface area contributed by atoms with E-state index in [1.807, 2.05) is 6.07 Å². The lowest BCUT2D eigenvalue weighted by Gasteiger charge is -1.90. The molecule has 0 spiro atoms. The maximum Gasteiger partial charge on any atom is 0.302 e. The third-order valence-corrected chi connectivity index (χ3v) is 1.48. The minimum atomic E-state index is -0.591. The minimum Gasteiger partial charge on any atom is -0.399 e. The molecule has 0 fully saturated rings. The number of nitrogens with zero attached hydrogens (tertiary/aromatic N) is 2. The highest BCUT2D eigenvalue weighted by Gasteiger charge is 2.03. The first-order valence-electron chi connectivity index (χ1n) is 3.89. The van der Waals surface area contributed by atoms with Crippen molar-refractivity contribution in [1.82, 2.24) is 0 Å². The highest BCUT2D eigenvalue weighted by Crippen LogP contribution is 2.09. The summed E-state index contributed by atoms with van der Waals surface area (Å²) in [4.78, 5) is 13.6. The summed E-state index contributed by atoms with van der Waals surface area (Å²) in [5.74, 6) is 0. The average Bonchev–Trinajstić information content (AvgIpc) is 2.20. The first-order chi connectivity index (χ1) is 6.74. The number of nitro groups is 1. The summed E-state index contributed by atoms with van der Waals surface area (Å²) >= 11 is 0. The van der Waals surface area contributed by atoms with E-state index >= 15 is 0 Å². The predicted molar refractivity (Wildman–Crippen MR) is 53.9 cm³/mol. The van der Waals surface area contributed by atoms with Crippen molar-refractivity contribution in [2.24, 2.45) is 10.7 Å². The van der Waals surface area contributed by atoms with Crippen LogP contribution in [0.1, 0.15) is 0 Å². The normalized spacial score (nSPS) is 11.9. The second kappa shape index (κ2) is 4.76. The first-order valence-corrected chi connectivity index (χ1v) is 3.89. The second-order valence-electron chi connectivity index (χ2n) is 2.44. The van der Waals surface area contributed by atoms with Crippen LogP contribution >= 0.6 is 0 Å². The van der Waals surface area contributed by atoms with E-state index in [4.69, 9.17) is 5.73 Å². The molecule has 14 heavy (non-hydrogen) atoms. The van der Waals surface area contributed by atoms with Crippen molar-refractivity contribution >= 4 is 11.9 Å². The van der Waals surface area contributed by atoms with E-state index in [-0.39, 0.29) is 5.70 Å². The molecule has 0 radical (unpaired) electrons. The molecule has 0 aliphatic rings. The SMILES string of the molecule is NC=C(C=Nc1ccccc1)[N+](=O)[O-]. The van der Waals surface area contributed by atoms with Crippen LogP contribution in [0.25, 0.3) is 0 Å². The van der Waals surface area contributed by atoms with Crippen molar-refractivity contribution in [3.8, 4) is 0 Å². The summed E-state index contributed by atoms with van der Waals surface area (Å²) < 4.78 is 0. The van der Waals surface area contributed by atoms with E-state index in [0.717, 1.165) is 12.4 Å². The molecule has 0 unspecified atom stereocenters. The maximum atomic E-state index is 10.3. The lowest BCUT2D eigenvalue weighted by atomic mass is 10.3. The van der Waals surface area contributed by atoms with Crippen molar-refractivity contribution in [3.63, 3.8) is 0 Å². The van der Waals surface area contributed by atoms with Crippen molar-refractivity contribution in [2.45, 2.75) is 0 Å². The fraction of sp³-hybridized carbons (Fsp3) is 0. The minimum absolute atomic E-state index is 0.228. The molecule has 0 saturated carbocycles. The van der Waals surface area contributed by atoms with Crippen LogP contribution in [0.15, 0.2) is 47.2 Å². The van der Waals surface area contributed by atoms with Crippen LogP contribution < -0.4 is 5.73 Å². The number of aliphatic imine (C=N–C) groups is 1. The zero-order chi connectivity index (χ0) is 10.4. The van der Waals surface area contributed by atoms with Gasteiger partial charge in [-0.3, -0.25) is 10.1 Å². The third-order valence-electron chi connectivity index (χ3n) is 1.48. The zero-order valence-corrected chi connectivity index (χ0v) is 7.33. The van der Waals surface area contributed by atoms with Crippen molar-refractivity contribution in [3.05, 3.63) is 52.3 Å². The van der Waals surface area contributed by atoms with Gasteiger partial charge in [-0.2, -0.15) is 0 Å². The molecule has 0 heterocycles. The molecule has 0 saturated heterocycles. The average molecular weight is 191 g/mol. The third kappa shape index (κ3) is 2.71. The van der Waals surface area contributed by atoms with E-state index in [0.29, 0.717) is 5.69 Å². The van der Waals surface area contributed by atoms with E-state index in [1.54, 1.807) is 24.3 Å². The van der Waals surface area contributed by atoms with Gasteiger partial charge in [0.1, 0.15) is 6.21 Å². The molecule has 5 heteroatoms. The molecular weight excluding hydrogens is 182 g/mol. The highest BCUT2D eigenvalue weighted by atomic mass is 16.6. The summed E-state index contributed by atoms with van der Waals surface area (Å²) in [7, 11) is 0. The Bertz CT molecular complexity index is 371. The van der Waals surface area contributed by atoms with Crippen LogP contribution in [0.4, 0.5) is 5.69 Å². The van der Waals surface area contributed by atoms with Gasteiger partial charge < -0.3 is 5.73 Å². The maximum absolute atomic E-state index is 10.3. The molecule has 1 aromatic carbocycles. The highest BCUT2D eigenvalue weighted by molar-refractivity contribution is 5.77. The number of nitrogens with two attached hydrogens (primary N) is 1. The summed E-state index contributed by atoms with van der Waals surface area (Å²) in [6, 6.07) is 8.91. The monoisotopic (exact) mass is 191 g/mol. The van der Waals surface area contributed by atoms with Gasteiger partial charge in [-0.1, -0.05) is 18.2 Å². The molecule has 0 aromatic heterocycles. The molecule has 1 rings (SSSR count). The summed E-state index contributed by atoms with van der Waals surface area (Å²) in [5.41, 5.74) is 5.46. The smallest absolute Gasteiger partial charge is 0.302 e. The van der Waals surface area contributed by atoms with Gasteiger partial charge in [0, 0.05) is 0 Å². The molecular formula is C9H9N3O2. The van der Waals surface area contributed by atoms with Gasteiger partial charge in [-0.15, -0.1) is 0 Å². The molecule has 5 nitrogen and oxygen atoms in total. The van der Waals surface area contributed by atoms with Crippen LogP contribution in [0.5, 0.6) is 0 Å². The molecule has 0 atom stereocenters. The van der Waals surface area contributed by atoms with Crippen molar-refractivity contribution in [1.29, 1.82) is 0 Å². The first kappa shape index (κ1) is 9.91. The van der Waals surface area contributed by atoms with Crippen molar-refractivity contribution < 1.29 is 4.92 Å². The molecule has 0 aliphatic heterocycles.